The highest BCUT2D eigenvalue weighted by Crippen LogP contribution is 2.13. The molecule has 84 valence electrons. The summed E-state index contributed by atoms with van der Waals surface area (Å²) in [6.45, 7) is 4.00. The quantitative estimate of drug-likeness (QED) is 0.751. The van der Waals surface area contributed by atoms with Crippen molar-refractivity contribution in [2.24, 2.45) is 0 Å². The largest absolute Gasteiger partial charge is 0.311 e. The fraction of sp³-hybridized carbons (Fsp3) is 0.333. The van der Waals surface area contributed by atoms with Gasteiger partial charge in [0.05, 0.1) is 5.69 Å². The predicted molar refractivity (Wildman–Crippen MR) is 63.8 cm³/mol. The number of hydrogen-bond acceptors (Lipinski definition) is 3. The average molecular weight is 216 g/mol. The van der Waals surface area contributed by atoms with Gasteiger partial charge in [-0.3, -0.25) is 10.1 Å². The highest BCUT2D eigenvalue weighted by molar-refractivity contribution is 5.53. The molecule has 0 radical (unpaired) electrons. The van der Waals surface area contributed by atoms with Crippen LogP contribution >= 0.6 is 0 Å². The second-order valence-electron chi connectivity index (χ2n) is 3.67. The van der Waals surface area contributed by atoms with Crippen LogP contribution in [0.1, 0.15) is 19.0 Å². The van der Waals surface area contributed by atoms with Crippen LogP contribution in [0.25, 0.3) is 11.4 Å². The second-order valence-corrected chi connectivity index (χ2v) is 3.67. The van der Waals surface area contributed by atoms with E-state index in [2.05, 4.69) is 27.4 Å². The summed E-state index contributed by atoms with van der Waals surface area (Å²) in [4.78, 5) is 4.26. The molecular weight excluding hydrogens is 200 g/mol. The van der Waals surface area contributed by atoms with E-state index in [1.807, 2.05) is 24.3 Å². The summed E-state index contributed by atoms with van der Waals surface area (Å²) in [5, 5.41) is 10.6. The Labute approximate surface area is 95.1 Å². The Morgan fingerprint density at radius 3 is 3.00 bits per heavy atom. The van der Waals surface area contributed by atoms with Crippen LogP contribution in [0, 0.1) is 0 Å². The van der Waals surface area contributed by atoms with Gasteiger partial charge in [-0.05, 0) is 31.2 Å². The molecule has 0 spiro atoms. The number of aromatic amines is 1. The summed E-state index contributed by atoms with van der Waals surface area (Å²) in [6.07, 6.45) is 2.92. The summed E-state index contributed by atoms with van der Waals surface area (Å²) >= 11 is 0. The number of nitrogens with zero attached hydrogens (tertiary/aromatic N) is 2. The topological polar surface area (TPSA) is 53.6 Å². The predicted octanol–water partition coefficient (Wildman–Crippen LogP) is 1.97. The molecule has 0 aliphatic heterocycles. The van der Waals surface area contributed by atoms with Crippen molar-refractivity contribution in [1.82, 2.24) is 20.5 Å². The van der Waals surface area contributed by atoms with Crippen molar-refractivity contribution in [3.63, 3.8) is 0 Å². The Morgan fingerprint density at radius 2 is 2.25 bits per heavy atom. The van der Waals surface area contributed by atoms with Crippen LogP contribution in [0.4, 0.5) is 0 Å². The molecule has 2 aromatic heterocycles. The molecule has 0 aromatic carbocycles. The molecule has 2 heterocycles. The van der Waals surface area contributed by atoms with Crippen LogP contribution in [0.2, 0.25) is 0 Å². The smallest absolute Gasteiger partial charge is 0.111 e. The summed E-state index contributed by atoms with van der Waals surface area (Å²) < 4.78 is 0. The average Bonchev–Trinajstić information content (AvgIpc) is 2.79. The summed E-state index contributed by atoms with van der Waals surface area (Å²) in [5.74, 6) is 0. The molecule has 0 aliphatic carbocycles. The van der Waals surface area contributed by atoms with Crippen molar-refractivity contribution in [2.75, 3.05) is 6.54 Å². The molecule has 2 aromatic rings. The molecule has 2 N–H and O–H groups in total. The third kappa shape index (κ3) is 2.67. The molecule has 0 bridgehead atoms. The summed E-state index contributed by atoms with van der Waals surface area (Å²) in [7, 11) is 0. The van der Waals surface area contributed by atoms with E-state index in [1.54, 1.807) is 6.20 Å². The van der Waals surface area contributed by atoms with Crippen molar-refractivity contribution >= 4 is 0 Å². The first-order valence-electron chi connectivity index (χ1n) is 5.56. The molecule has 0 saturated carbocycles. The molecule has 16 heavy (non-hydrogen) atoms. The molecule has 2 rings (SSSR count). The van der Waals surface area contributed by atoms with Crippen LogP contribution in [0.5, 0.6) is 0 Å². The molecule has 0 unspecified atom stereocenters. The van der Waals surface area contributed by atoms with E-state index >= 15 is 0 Å². The van der Waals surface area contributed by atoms with Crippen molar-refractivity contribution in [1.29, 1.82) is 0 Å². The minimum atomic E-state index is 0.827. The van der Waals surface area contributed by atoms with Gasteiger partial charge in [-0.15, -0.1) is 0 Å². The minimum Gasteiger partial charge on any atom is -0.311 e. The monoisotopic (exact) mass is 216 g/mol. The maximum atomic E-state index is 4.26. The minimum absolute atomic E-state index is 0.827. The lowest BCUT2D eigenvalue weighted by Gasteiger charge is -1.98. The zero-order chi connectivity index (χ0) is 11.2. The van der Waals surface area contributed by atoms with Crippen LogP contribution in [-0.4, -0.2) is 21.7 Å². The number of H-pyrrole nitrogens is 1. The van der Waals surface area contributed by atoms with Gasteiger partial charge in [-0.1, -0.05) is 13.0 Å². The van der Waals surface area contributed by atoms with E-state index in [-0.39, 0.29) is 0 Å². The molecule has 4 heteroatoms. The van der Waals surface area contributed by atoms with E-state index in [1.165, 1.54) is 0 Å². The fourth-order valence-corrected chi connectivity index (χ4v) is 1.50. The molecule has 0 amide bonds. The zero-order valence-electron chi connectivity index (χ0n) is 9.40. The standard InChI is InChI=1S/C12H16N4/c1-2-6-13-9-10-8-12(16-15-10)11-5-3-4-7-14-11/h3-5,7-8,13H,2,6,9H2,1H3,(H,15,16). The summed E-state index contributed by atoms with van der Waals surface area (Å²) in [6, 6.07) is 7.86. The van der Waals surface area contributed by atoms with Crippen LogP contribution in [0.15, 0.2) is 30.5 Å². The molecule has 4 nitrogen and oxygen atoms in total. The van der Waals surface area contributed by atoms with Crippen LogP contribution in [0.3, 0.4) is 0 Å². The highest BCUT2D eigenvalue weighted by atomic mass is 15.1. The van der Waals surface area contributed by atoms with Gasteiger partial charge >= 0.3 is 0 Å². The number of aromatic nitrogens is 3. The second kappa shape index (κ2) is 5.42. The van der Waals surface area contributed by atoms with Crippen LogP contribution in [-0.2, 0) is 6.54 Å². The molecule has 0 saturated heterocycles. The third-order valence-electron chi connectivity index (χ3n) is 2.30. The Morgan fingerprint density at radius 1 is 1.31 bits per heavy atom. The maximum Gasteiger partial charge on any atom is 0.111 e. The van der Waals surface area contributed by atoms with E-state index < -0.39 is 0 Å². The number of nitrogens with one attached hydrogen (secondary N) is 2. The number of hydrogen-bond donors (Lipinski definition) is 2. The first-order chi connectivity index (χ1) is 7.90. The molecule has 0 fully saturated rings. The number of rotatable bonds is 5. The Hall–Kier alpha value is -1.68. The van der Waals surface area contributed by atoms with Gasteiger partial charge in [-0.2, -0.15) is 5.10 Å². The SMILES string of the molecule is CCCNCc1cc(-c2ccccn2)n[nH]1. The van der Waals surface area contributed by atoms with Crippen molar-refractivity contribution < 1.29 is 0 Å². The van der Waals surface area contributed by atoms with E-state index in [9.17, 15) is 0 Å². The first kappa shape index (κ1) is 10.8. The first-order valence-corrected chi connectivity index (χ1v) is 5.56. The zero-order valence-corrected chi connectivity index (χ0v) is 9.40. The Bertz CT molecular complexity index is 422. The normalized spacial score (nSPS) is 10.6. The highest BCUT2D eigenvalue weighted by Gasteiger charge is 2.03. The molecule has 0 atom stereocenters. The van der Waals surface area contributed by atoms with Crippen molar-refractivity contribution in [3.8, 4) is 11.4 Å². The maximum absolute atomic E-state index is 4.26. The van der Waals surface area contributed by atoms with Crippen molar-refractivity contribution in [3.05, 3.63) is 36.2 Å². The van der Waals surface area contributed by atoms with Crippen molar-refractivity contribution in [2.45, 2.75) is 19.9 Å². The van der Waals surface area contributed by atoms with Gasteiger partial charge in [-0.25, -0.2) is 0 Å². The lowest BCUT2D eigenvalue weighted by atomic mass is 10.2. The third-order valence-corrected chi connectivity index (χ3v) is 2.30. The Balaban J connectivity index is 2.02. The van der Waals surface area contributed by atoms with Crippen LogP contribution < -0.4 is 5.32 Å². The Kier molecular flexibility index (Phi) is 3.66. The van der Waals surface area contributed by atoms with Gasteiger partial charge < -0.3 is 5.32 Å². The van der Waals surface area contributed by atoms with Gasteiger partial charge in [0, 0.05) is 18.4 Å². The van der Waals surface area contributed by atoms with E-state index in [0.29, 0.717) is 0 Å². The molecule has 0 aliphatic rings. The van der Waals surface area contributed by atoms with Gasteiger partial charge in [0.25, 0.3) is 0 Å². The number of pyridine rings is 1. The molecular formula is C12H16N4. The summed E-state index contributed by atoms with van der Waals surface area (Å²) in [5.41, 5.74) is 2.89. The lowest BCUT2D eigenvalue weighted by molar-refractivity contribution is 0.662. The van der Waals surface area contributed by atoms with Gasteiger partial charge in [0.15, 0.2) is 0 Å². The fourth-order valence-electron chi connectivity index (χ4n) is 1.50. The van der Waals surface area contributed by atoms with E-state index in [0.717, 1.165) is 36.6 Å². The van der Waals surface area contributed by atoms with E-state index in [4.69, 9.17) is 0 Å². The van der Waals surface area contributed by atoms with Gasteiger partial charge in [0.2, 0.25) is 0 Å². The lowest BCUT2D eigenvalue weighted by Crippen LogP contribution is -2.13. The van der Waals surface area contributed by atoms with Gasteiger partial charge in [0.1, 0.15) is 5.69 Å².